The zero-order valence-corrected chi connectivity index (χ0v) is 12.2. The summed E-state index contributed by atoms with van der Waals surface area (Å²) in [5.41, 5.74) is 1.19. The minimum atomic E-state index is -0.891. The van der Waals surface area contributed by atoms with Crippen LogP contribution in [0, 0.1) is 0 Å². The van der Waals surface area contributed by atoms with Gasteiger partial charge >= 0.3 is 5.97 Å². The van der Waals surface area contributed by atoms with Crippen molar-refractivity contribution in [1.82, 2.24) is 15.1 Å². The third kappa shape index (κ3) is 4.13. The summed E-state index contributed by atoms with van der Waals surface area (Å²) in [4.78, 5) is 13.2. The highest BCUT2D eigenvalue weighted by molar-refractivity contribution is 5.89. The summed E-state index contributed by atoms with van der Waals surface area (Å²) in [7, 11) is 1.94. The summed E-state index contributed by atoms with van der Waals surface area (Å²) in [5.74, 6) is 0.327. The van der Waals surface area contributed by atoms with E-state index in [4.69, 9.17) is 9.52 Å². The van der Waals surface area contributed by atoms with E-state index in [0.717, 1.165) is 12.0 Å². The topological polar surface area (TPSA) is 79.5 Å². The molecule has 21 heavy (non-hydrogen) atoms. The van der Waals surface area contributed by atoms with Gasteiger partial charge in [-0.25, -0.2) is 4.79 Å². The Balaban J connectivity index is 1.92. The standard InChI is InChI=1S/C15H19N3O3/c1-3-13-16-17-14(21-13)10-18(2)9-8-11-6-4-5-7-12(11)15(19)20/h4-7H,3,8-10H2,1-2H3,(H,19,20). The van der Waals surface area contributed by atoms with Crippen molar-refractivity contribution in [1.29, 1.82) is 0 Å². The molecule has 0 unspecified atom stereocenters. The third-order valence-electron chi connectivity index (χ3n) is 3.23. The molecule has 6 heteroatoms. The van der Waals surface area contributed by atoms with Gasteiger partial charge in [-0.3, -0.25) is 4.90 Å². The van der Waals surface area contributed by atoms with Crippen LogP contribution in [-0.4, -0.2) is 39.8 Å². The first-order valence-electron chi connectivity index (χ1n) is 6.91. The smallest absolute Gasteiger partial charge is 0.335 e. The molecule has 0 saturated heterocycles. The molecular weight excluding hydrogens is 270 g/mol. The molecule has 112 valence electrons. The van der Waals surface area contributed by atoms with Crippen LogP contribution in [0.15, 0.2) is 28.7 Å². The van der Waals surface area contributed by atoms with Crippen LogP contribution in [-0.2, 0) is 19.4 Å². The number of likely N-dealkylation sites (N-methyl/N-ethyl adjacent to an activating group) is 1. The van der Waals surface area contributed by atoms with Crippen molar-refractivity contribution in [2.75, 3.05) is 13.6 Å². The van der Waals surface area contributed by atoms with Crippen LogP contribution < -0.4 is 0 Å². The number of rotatable bonds is 7. The highest BCUT2D eigenvalue weighted by Gasteiger charge is 2.11. The molecule has 6 nitrogen and oxygen atoms in total. The van der Waals surface area contributed by atoms with Crippen molar-refractivity contribution in [3.8, 4) is 0 Å². The highest BCUT2D eigenvalue weighted by atomic mass is 16.4. The van der Waals surface area contributed by atoms with E-state index in [9.17, 15) is 4.79 Å². The average molecular weight is 289 g/mol. The van der Waals surface area contributed by atoms with Gasteiger partial charge in [-0.1, -0.05) is 25.1 Å². The molecule has 0 amide bonds. The molecule has 0 aliphatic carbocycles. The van der Waals surface area contributed by atoms with Gasteiger partial charge in [-0.05, 0) is 25.1 Å². The maximum absolute atomic E-state index is 11.1. The zero-order chi connectivity index (χ0) is 15.2. The van der Waals surface area contributed by atoms with Crippen molar-refractivity contribution >= 4 is 5.97 Å². The molecule has 0 radical (unpaired) electrons. The number of aryl methyl sites for hydroxylation is 1. The van der Waals surface area contributed by atoms with Gasteiger partial charge in [0, 0.05) is 13.0 Å². The van der Waals surface area contributed by atoms with Gasteiger partial charge in [0.2, 0.25) is 11.8 Å². The van der Waals surface area contributed by atoms with Crippen LogP contribution in [0.3, 0.4) is 0 Å². The van der Waals surface area contributed by atoms with Gasteiger partial charge in [0.1, 0.15) is 0 Å². The van der Waals surface area contributed by atoms with Crippen LogP contribution in [0.1, 0.15) is 34.6 Å². The number of carbonyl (C=O) groups is 1. The minimum Gasteiger partial charge on any atom is -0.478 e. The third-order valence-corrected chi connectivity index (χ3v) is 3.23. The molecule has 0 bridgehead atoms. The lowest BCUT2D eigenvalue weighted by molar-refractivity contribution is 0.0695. The summed E-state index contributed by atoms with van der Waals surface area (Å²) < 4.78 is 5.46. The molecular formula is C15H19N3O3. The Morgan fingerprint density at radius 2 is 2.00 bits per heavy atom. The van der Waals surface area contributed by atoms with Gasteiger partial charge in [0.05, 0.1) is 12.1 Å². The monoisotopic (exact) mass is 289 g/mol. The molecule has 1 N–H and O–H groups in total. The first-order valence-corrected chi connectivity index (χ1v) is 6.91. The molecule has 2 aromatic rings. The second-order valence-corrected chi connectivity index (χ2v) is 4.89. The fourth-order valence-corrected chi connectivity index (χ4v) is 2.06. The molecule has 1 heterocycles. The zero-order valence-electron chi connectivity index (χ0n) is 12.2. The van der Waals surface area contributed by atoms with Crippen molar-refractivity contribution < 1.29 is 14.3 Å². The maximum atomic E-state index is 11.1. The number of aromatic carboxylic acids is 1. The molecule has 2 rings (SSSR count). The quantitative estimate of drug-likeness (QED) is 0.840. The number of aromatic nitrogens is 2. The molecule has 0 spiro atoms. The molecule has 1 aromatic heterocycles. The summed E-state index contributed by atoms with van der Waals surface area (Å²) in [6.45, 7) is 3.24. The lowest BCUT2D eigenvalue weighted by Crippen LogP contribution is -2.21. The number of hydrogen-bond acceptors (Lipinski definition) is 5. The van der Waals surface area contributed by atoms with Gasteiger partial charge in [-0.15, -0.1) is 10.2 Å². The number of hydrogen-bond donors (Lipinski definition) is 1. The van der Waals surface area contributed by atoms with Crippen LogP contribution in [0.5, 0.6) is 0 Å². The van der Waals surface area contributed by atoms with Crippen molar-refractivity contribution in [2.45, 2.75) is 26.3 Å². The molecule has 0 fully saturated rings. The largest absolute Gasteiger partial charge is 0.478 e. The first-order chi connectivity index (χ1) is 10.1. The van der Waals surface area contributed by atoms with Crippen molar-refractivity contribution in [3.05, 3.63) is 47.2 Å². The Morgan fingerprint density at radius 3 is 2.67 bits per heavy atom. The lowest BCUT2D eigenvalue weighted by Gasteiger charge is -2.15. The van der Waals surface area contributed by atoms with E-state index < -0.39 is 5.97 Å². The highest BCUT2D eigenvalue weighted by Crippen LogP contribution is 2.11. The molecule has 0 aliphatic rings. The Morgan fingerprint density at radius 1 is 1.29 bits per heavy atom. The van der Waals surface area contributed by atoms with E-state index in [2.05, 4.69) is 10.2 Å². The van der Waals surface area contributed by atoms with Gasteiger partial charge < -0.3 is 9.52 Å². The van der Waals surface area contributed by atoms with Gasteiger partial charge in [0.25, 0.3) is 0 Å². The number of benzene rings is 1. The predicted octanol–water partition coefficient (Wildman–Crippen LogP) is 2.00. The van der Waals surface area contributed by atoms with E-state index in [1.807, 2.05) is 31.0 Å². The maximum Gasteiger partial charge on any atom is 0.335 e. The normalized spacial score (nSPS) is 11.0. The molecule has 0 atom stereocenters. The summed E-state index contributed by atoms with van der Waals surface area (Å²) in [6, 6.07) is 7.07. The Hall–Kier alpha value is -2.21. The second kappa shape index (κ2) is 6.99. The van der Waals surface area contributed by atoms with Gasteiger partial charge in [-0.2, -0.15) is 0 Å². The number of carboxylic acid groups (broad SMARTS) is 1. The number of nitrogens with zero attached hydrogens (tertiary/aromatic N) is 3. The molecule has 0 saturated carbocycles. The van der Waals surface area contributed by atoms with Gasteiger partial charge in [0.15, 0.2) is 0 Å². The summed E-state index contributed by atoms with van der Waals surface area (Å²) in [5, 5.41) is 17.0. The Kier molecular flexibility index (Phi) is 5.05. The fourth-order valence-electron chi connectivity index (χ4n) is 2.06. The van der Waals surface area contributed by atoms with Crippen molar-refractivity contribution in [2.24, 2.45) is 0 Å². The van der Waals surface area contributed by atoms with Crippen LogP contribution in [0.4, 0.5) is 0 Å². The predicted molar refractivity (Wildman–Crippen MR) is 77.1 cm³/mol. The first kappa shape index (κ1) is 15.2. The molecule has 1 aromatic carbocycles. The van der Waals surface area contributed by atoms with E-state index >= 15 is 0 Å². The molecule has 0 aliphatic heterocycles. The fraction of sp³-hybridized carbons (Fsp3) is 0.400. The summed E-state index contributed by atoms with van der Waals surface area (Å²) >= 11 is 0. The second-order valence-electron chi connectivity index (χ2n) is 4.89. The van der Waals surface area contributed by atoms with E-state index in [0.29, 0.717) is 36.9 Å². The lowest BCUT2D eigenvalue weighted by atomic mass is 10.0. The van der Waals surface area contributed by atoms with E-state index in [1.54, 1.807) is 12.1 Å². The summed E-state index contributed by atoms with van der Waals surface area (Å²) in [6.07, 6.45) is 1.39. The Labute approximate surface area is 123 Å². The van der Waals surface area contributed by atoms with Crippen LogP contribution in [0.25, 0.3) is 0 Å². The number of carboxylic acids is 1. The van der Waals surface area contributed by atoms with Crippen molar-refractivity contribution in [3.63, 3.8) is 0 Å². The average Bonchev–Trinajstić information content (AvgIpc) is 2.93. The Bertz CT molecular complexity index is 610. The SMILES string of the molecule is CCc1nnc(CN(C)CCc2ccccc2C(=O)O)o1. The minimum absolute atomic E-state index is 0.358. The van der Waals surface area contributed by atoms with Crippen LogP contribution in [0.2, 0.25) is 0 Å². The van der Waals surface area contributed by atoms with E-state index in [-0.39, 0.29) is 0 Å². The van der Waals surface area contributed by atoms with E-state index in [1.165, 1.54) is 0 Å². The van der Waals surface area contributed by atoms with Crippen LogP contribution >= 0.6 is 0 Å².